The number of nitrogens with one attached hydrogen (secondary N) is 1. The average Bonchev–Trinajstić information content (AvgIpc) is 3.00. The summed E-state index contributed by atoms with van der Waals surface area (Å²) in [6.07, 6.45) is 0.782. The number of anilines is 1. The van der Waals surface area contributed by atoms with E-state index in [1.807, 2.05) is 55.5 Å². The summed E-state index contributed by atoms with van der Waals surface area (Å²) >= 11 is 4.77. The summed E-state index contributed by atoms with van der Waals surface area (Å²) in [4.78, 5) is 32.0. The number of benzene rings is 2. The molecule has 1 aliphatic rings. The number of carbonyl (C=O) groups excluding carboxylic acids is 2. The number of amidine groups is 1. The van der Waals surface area contributed by atoms with Crippen molar-refractivity contribution in [3.63, 3.8) is 0 Å². The number of aliphatic imine (C=N–C) groups is 1. The molecule has 0 bridgehead atoms. The maximum Gasteiger partial charge on any atom is 0.242 e. The second-order valence-electron chi connectivity index (χ2n) is 6.86. The number of aryl methyl sites for hydroxylation is 1. The largest absolute Gasteiger partial charge is 0.385 e. The van der Waals surface area contributed by atoms with Crippen LogP contribution < -0.4 is 5.32 Å². The first-order chi connectivity index (χ1) is 14.5. The standard InChI is InChI=1S/C22H24BrN3O3S/c1-15-8-3-5-10-17(15)25-22-26(12-7-13-29-2)21(28)19(30-22)14-20(27)24-18-11-6-4-9-16(18)23/h3-6,8-11,19H,7,12-14H2,1-2H3,(H,24,27). The predicted molar refractivity (Wildman–Crippen MR) is 125 cm³/mol. The SMILES string of the molecule is COCCCN1C(=O)C(CC(=O)Nc2ccccc2Br)SC1=Nc1ccccc1C. The van der Waals surface area contributed by atoms with Crippen molar-refractivity contribution in [2.75, 3.05) is 25.6 Å². The highest BCUT2D eigenvalue weighted by Crippen LogP contribution is 2.33. The Morgan fingerprint density at radius 3 is 2.70 bits per heavy atom. The molecule has 30 heavy (non-hydrogen) atoms. The van der Waals surface area contributed by atoms with Crippen LogP contribution >= 0.6 is 27.7 Å². The molecule has 1 atom stereocenters. The Morgan fingerprint density at radius 2 is 1.97 bits per heavy atom. The van der Waals surface area contributed by atoms with E-state index in [-0.39, 0.29) is 18.2 Å². The van der Waals surface area contributed by atoms with Crippen molar-refractivity contribution in [2.24, 2.45) is 4.99 Å². The number of amides is 2. The summed E-state index contributed by atoms with van der Waals surface area (Å²) in [5, 5.41) is 3.00. The number of para-hydroxylation sites is 2. The summed E-state index contributed by atoms with van der Waals surface area (Å²) in [5.74, 6) is -0.299. The molecule has 1 saturated heterocycles. The normalized spacial score (nSPS) is 17.6. The minimum Gasteiger partial charge on any atom is -0.385 e. The van der Waals surface area contributed by atoms with E-state index in [2.05, 4.69) is 21.2 Å². The van der Waals surface area contributed by atoms with E-state index >= 15 is 0 Å². The lowest BCUT2D eigenvalue weighted by Crippen LogP contribution is -2.34. The van der Waals surface area contributed by atoms with Gasteiger partial charge in [-0.3, -0.25) is 14.5 Å². The summed E-state index contributed by atoms with van der Waals surface area (Å²) < 4.78 is 5.92. The number of carbonyl (C=O) groups is 2. The molecule has 0 aliphatic carbocycles. The molecule has 6 nitrogen and oxygen atoms in total. The van der Waals surface area contributed by atoms with Crippen molar-refractivity contribution >= 4 is 56.0 Å². The Kier molecular flexibility index (Phi) is 8.07. The zero-order valence-electron chi connectivity index (χ0n) is 16.9. The van der Waals surface area contributed by atoms with E-state index in [1.165, 1.54) is 11.8 Å². The molecular weight excluding hydrogens is 466 g/mol. The highest BCUT2D eigenvalue weighted by atomic mass is 79.9. The van der Waals surface area contributed by atoms with E-state index < -0.39 is 5.25 Å². The third-order valence-corrected chi connectivity index (χ3v) is 6.47. The minimum atomic E-state index is -0.502. The molecule has 8 heteroatoms. The topological polar surface area (TPSA) is 71.0 Å². The van der Waals surface area contributed by atoms with Gasteiger partial charge in [-0.1, -0.05) is 42.1 Å². The first kappa shape index (κ1) is 22.5. The molecule has 0 radical (unpaired) electrons. The fourth-order valence-corrected chi connectivity index (χ4v) is 4.58. The number of rotatable bonds is 8. The van der Waals surface area contributed by atoms with Crippen LogP contribution in [0.3, 0.4) is 0 Å². The van der Waals surface area contributed by atoms with Crippen molar-refractivity contribution in [1.29, 1.82) is 0 Å². The quantitative estimate of drug-likeness (QED) is 0.542. The van der Waals surface area contributed by atoms with Gasteiger partial charge in [0.15, 0.2) is 5.17 Å². The third kappa shape index (κ3) is 5.71. The lowest BCUT2D eigenvalue weighted by Gasteiger charge is -2.16. The summed E-state index contributed by atoms with van der Waals surface area (Å²) in [5.41, 5.74) is 2.54. The lowest BCUT2D eigenvalue weighted by atomic mass is 10.2. The zero-order chi connectivity index (χ0) is 21.5. The third-order valence-electron chi connectivity index (χ3n) is 4.60. The average molecular weight is 490 g/mol. The first-order valence-corrected chi connectivity index (χ1v) is 11.3. The molecule has 2 amide bonds. The highest BCUT2D eigenvalue weighted by Gasteiger charge is 2.39. The highest BCUT2D eigenvalue weighted by molar-refractivity contribution is 9.10. The van der Waals surface area contributed by atoms with Gasteiger partial charge in [0.1, 0.15) is 5.25 Å². The summed E-state index contributed by atoms with van der Waals surface area (Å²) in [6, 6.07) is 15.2. The fraction of sp³-hybridized carbons (Fsp3) is 0.318. The molecule has 1 N–H and O–H groups in total. The van der Waals surface area contributed by atoms with Crippen LogP contribution in [0.5, 0.6) is 0 Å². The number of hydrogen-bond acceptors (Lipinski definition) is 5. The van der Waals surface area contributed by atoms with Crippen LogP contribution in [0.2, 0.25) is 0 Å². The molecule has 1 aliphatic heterocycles. The van der Waals surface area contributed by atoms with Gasteiger partial charge in [-0.25, -0.2) is 4.99 Å². The summed E-state index contributed by atoms with van der Waals surface area (Å²) in [7, 11) is 1.64. The Bertz CT molecular complexity index is 951. The van der Waals surface area contributed by atoms with Crippen molar-refractivity contribution in [2.45, 2.75) is 25.0 Å². The van der Waals surface area contributed by atoms with E-state index in [1.54, 1.807) is 12.0 Å². The molecule has 1 unspecified atom stereocenters. The number of thioether (sulfide) groups is 1. The first-order valence-electron chi connectivity index (χ1n) is 9.65. The van der Waals surface area contributed by atoms with Gasteiger partial charge in [0.05, 0.1) is 11.4 Å². The molecule has 0 aromatic heterocycles. The van der Waals surface area contributed by atoms with Crippen LogP contribution in [0.25, 0.3) is 0 Å². The number of hydrogen-bond donors (Lipinski definition) is 1. The summed E-state index contributed by atoms with van der Waals surface area (Å²) in [6.45, 7) is 3.05. The van der Waals surface area contributed by atoms with Crippen LogP contribution in [0, 0.1) is 6.92 Å². The number of methoxy groups -OCH3 is 1. The van der Waals surface area contributed by atoms with Gasteiger partial charge >= 0.3 is 0 Å². The predicted octanol–water partition coefficient (Wildman–Crippen LogP) is 4.75. The minimum absolute atomic E-state index is 0.0817. The fourth-order valence-electron chi connectivity index (χ4n) is 3.02. The second kappa shape index (κ2) is 10.7. The van der Waals surface area contributed by atoms with E-state index in [0.29, 0.717) is 30.4 Å². The smallest absolute Gasteiger partial charge is 0.242 e. The Labute approximate surface area is 189 Å². The van der Waals surface area contributed by atoms with Gasteiger partial charge in [0.25, 0.3) is 0 Å². The Morgan fingerprint density at radius 1 is 1.23 bits per heavy atom. The number of ether oxygens (including phenoxy) is 1. The molecule has 0 spiro atoms. The van der Waals surface area contributed by atoms with Gasteiger partial charge in [-0.15, -0.1) is 0 Å². The van der Waals surface area contributed by atoms with Crippen molar-refractivity contribution in [3.8, 4) is 0 Å². The van der Waals surface area contributed by atoms with Gasteiger partial charge in [-0.2, -0.15) is 0 Å². The van der Waals surface area contributed by atoms with E-state index in [4.69, 9.17) is 9.73 Å². The van der Waals surface area contributed by atoms with Crippen LogP contribution in [-0.4, -0.2) is 47.4 Å². The van der Waals surface area contributed by atoms with Gasteiger partial charge in [0.2, 0.25) is 11.8 Å². The Hall–Kier alpha value is -2.16. The Balaban J connectivity index is 1.75. The molecule has 2 aromatic rings. The molecule has 1 heterocycles. The molecule has 1 fully saturated rings. The van der Waals surface area contributed by atoms with Crippen LogP contribution in [0.15, 0.2) is 58.0 Å². The molecule has 2 aromatic carbocycles. The van der Waals surface area contributed by atoms with Crippen molar-refractivity contribution < 1.29 is 14.3 Å². The number of nitrogens with zero attached hydrogens (tertiary/aromatic N) is 2. The molecule has 3 rings (SSSR count). The van der Waals surface area contributed by atoms with Crippen molar-refractivity contribution in [1.82, 2.24) is 4.90 Å². The lowest BCUT2D eigenvalue weighted by molar-refractivity contribution is -0.128. The monoisotopic (exact) mass is 489 g/mol. The van der Waals surface area contributed by atoms with Crippen LogP contribution in [-0.2, 0) is 14.3 Å². The van der Waals surface area contributed by atoms with Crippen molar-refractivity contribution in [3.05, 3.63) is 58.6 Å². The van der Waals surface area contributed by atoms with E-state index in [9.17, 15) is 9.59 Å². The van der Waals surface area contributed by atoms with Crippen LogP contribution in [0.4, 0.5) is 11.4 Å². The molecular formula is C22H24BrN3O3S. The van der Waals surface area contributed by atoms with Gasteiger partial charge in [0, 0.05) is 31.2 Å². The number of halogens is 1. The van der Waals surface area contributed by atoms with Gasteiger partial charge < -0.3 is 10.1 Å². The maximum absolute atomic E-state index is 13.0. The van der Waals surface area contributed by atoms with Gasteiger partial charge in [-0.05, 0) is 53.0 Å². The molecule has 158 valence electrons. The zero-order valence-corrected chi connectivity index (χ0v) is 19.3. The van der Waals surface area contributed by atoms with Crippen LogP contribution in [0.1, 0.15) is 18.4 Å². The second-order valence-corrected chi connectivity index (χ2v) is 8.88. The maximum atomic E-state index is 13.0. The van der Waals surface area contributed by atoms with E-state index in [0.717, 1.165) is 15.7 Å². The molecule has 0 saturated carbocycles.